The van der Waals surface area contributed by atoms with Crippen molar-refractivity contribution in [3.63, 3.8) is 0 Å². The lowest BCUT2D eigenvalue weighted by molar-refractivity contribution is -0.129. The molecule has 0 saturated carbocycles. The van der Waals surface area contributed by atoms with Crippen LogP contribution in [0, 0.1) is 0 Å². The molecule has 8 heteroatoms. The van der Waals surface area contributed by atoms with Crippen molar-refractivity contribution >= 4 is 22.6 Å². The number of anilines is 1. The van der Waals surface area contributed by atoms with Crippen molar-refractivity contribution in [2.45, 2.75) is 38.9 Å². The Hall–Kier alpha value is -3.26. The van der Waals surface area contributed by atoms with Gasteiger partial charge in [-0.2, -0.15) is 0 Å². The van der Waals surface area contributed by atoms with Crippen LogP contribution in [0.5, 0.6) is 5.75 Å². The molecule has 8 nitrogen and oxygen atoms in total. The molecule has 3 heterocycles. The first-order valence-electron chi connectivity index (χ1n) is 11.3. The minimum absolute atomic E-state index is 0.0546. The quantitative estimate of drug-likeness (QED) is 0.548. The second kappa shape index (κ2) is 9.70. The highest BCUT2D eigenvalue weighted by atomic mass is 16.5. The molecule has 0 radical (unpaired) electrons. The molecule has 1 atom stereocenters. The molecule has 4 rings (SSSR count). The van der Waals surface area contributed by atoms with E-state index < -0.39 is 0 Å². The van der Waals surface area contributed by atoms with Gasteiger partial charge < -0.3 is 14.5 Å². The Bertz CT molecular complexity index is 1150. The van der Waals surface area contributed by atoms with Gasteiger partial charge in [-0.05, 0) is 32.0 Å². The second-order valence-electron chi connectivity index (χ2n) is 8.85. The molecule has 1 amide bonds. The minimum atomic E-state index is -0.0546. The lowest BCUT2D eigenvalue weighted by atomic mass is 10.2. The highest BCUT2D eigenvalue weighted by Gasteiger charge is 2.30. The Morgan fingerprint density at radius 3 is 2.61 bits per heavy atom. The molecule has 1 aliphatic heterocycles. The molecule has 0 N–H and O–H groups in total. The van der Waals surface area contributed by atoms with Crippen molar-refractivity contribution in [1.29, 1.82) is 0 Å². The van der Waals surface area contributed by atoms with E-state index in [-0.39, 0.29) is 11.9 Å². The monoisotopic (exact) mass is 448 g/mol. The lowest BCUT2D eigenvalue weighted by Crippen LogP contribution is -2.30. The topological polar surface area (TPSA) is 74.7 Å². The van der Waals surface area contributed by atoms with Gasteiger partial charge in [0.2, 0.25) is 5.91 Å². The summed E-state index contributed by atoms with van der Waals surface area (Å²) in [6.45, 7) is 3.71. The Kier molecular flexibility index (Phi) is 6.74. The molecule has 0 bridgehead atoms. The van der Waals surface area contributed by atoms with E-state index in [1.807, 2.05) is 48.2 Å². The SMILES string of the molecule is COc1cccc2ccc(CN(C)Cc3cc(N(C)C)nc([C@H]4CCCN4C(C)=O)n3)nc12. The maximum Gasteiger partial charge on any atom is 0.220 e. The molecule has 1 saturated heterocycles. The van der Waals surface area contributed by atoms with Gasteiger partial charge in [-0.25, -0.2) is 15.0 Å². The number of nitrogens with zero attached hydrogens (tertiary/aromatic N) is 6. The van der Waals surface area contributed by atoms with Crippen LogP contribution >= 0.6 is 0 Å². The average molecular weight is 449 g/mol. The zero-order valence-electron chi connectivity index (χ0n) is 20.1. The number of benzene rings is 1. The molecule has 1 aliphatic rings. The van der Waals surface area contributed by atoms with Gasteiger partial charge in [0.05, 0.1) is 24.5 Å². The van der Waals surface area contributed by atoms with Crippen LogP contribution in [-0.2, 0) is 17.9 Å². The zero-order chi connectivity index (χ0) is 23.5. The summed E-state index contributed by atoms with van der Waals surface area (Å²) < 4.78 is 5.48. The molecule has 1 aromatic carbocycles. The molecular formula is C25H32N6O2. The number of para-hydroxylation sites is 1. The van der Waals surface area contributed by atoms with E-state index in [1.165, 1.54) is 0 Å². The summed E-state index contributed by atoms with van der Waals surface area (Å²) in [6, 6.07) is 12.0. The number of rotatable bonds is 7. The largest absolute Gasteiger partial charge is 0.494 e. The van der Waals surface area contributed by atoms with E-state index in [1.54, 1.807) is 14.0 Å². The average Bonchev–Trinajstić information content (AvgIpc) is 3.29. The van der Waals surface area contributed by atoms with Crippen LogP contribution in [0.25, 0.3) is 10.9 Å². The van der Waals surface area contributed by atoms with Gasteiger partial charge in [-0.1, -0.05) is 18.2 Å². The second-order valence-corrected chi connectivity index (χ2v) is 8.85. The predicted octanol–water partition coefficient (Wildman–Crippen LogP) is 3.41. The van der Waals surface area contributed by atoms with Crippen LogP contribution in [0.3, 0.4) is 0 Å². The van der Waals surface area contributed by atoms with Gasteiger partial charge in [0, 0.05) is 52.1 Å². The summed E-state index contributed by atoms with van der Waals surface area (Å²) in [5, 5.41) is 1.06. The van der Waals surface area contributed by atoms with Crippen LogP contribution in [0.2, 0.25) is 0 Å². The Morgan fingerprint density at radius 2 is 1.88 bits per heavy atom. The number of pyridine rings is 1. The summed E-state index contributed by atoms with van der Waals surface area (Å²) in [4.78, 5) is 32.6. The lowest BCUT2D eigenvalue weighted by Gasteiger charge is -2.24. The number of hydrogen-bond donors (Lipinski definition) is 0. The van der Waals surface area contributed by atoms with Crippen LogP contribution in [0.1, 0.15) is 43.0 Å². The van der Waals surface area contributed by atoms with E-state index in [0.29, 0.717) is 13.1 Å². The predicted molar refractivity (Wildman–Crippen MR) is 129 cm³/mol. The van der Waals surface area contributed by atoms with E-state index in [2.05, 4.69) is 24.1 Å². The zero-order valence-corrected chi connectivity index (χ0v) is 20.1. The first-order chi connectivity index (χ1) is 15.9. The number of methoxy groups -OCH3 is 1. The number of aromatic nitrogens is 3. The van der Waals surface area contributed by atoms with Crippen molar-refractivity contribution in [2.75, 3.05) is 39.7 Å². The van der Waals surface area contributed by atoms with E-state index >= 15 is 0 Å². The number of carbonyl (C=O) groups excluding carboxylic acids is 1. The first kappa shape index (κ1) is 22.9. The summed E-state index contributed by atoms with van der Waals surface area (Å²) in [7, 11) is 7.68. The van der Waals surface area contributed by atoms with Crippen molar-refractivity contribution in [3.05, 3.63) is 53.6 Å². The number of likely N-dealkylation sites (tertiary alicyclic amines) is 1. The summed E-state index contributed by atoms with van der Waals surface area (Å²) in [5.41, 5.74) is 2.77. The van der Waals surface area contributed by atoms with Crippen molar-refractivity contribution < 1.29 is 9.53 Å². The highest BCUT2D eigenvalue weighted by molar-refractivity contribution is 5.84. The maximum atomic E-state index is 12.1. The fraction of sp³-hybridized carbons (Fsp3) is 0.440. The molecule has 0 spiro atoms. The Labute approximate surface area is 195 Å². The van der Waals surface area contributed by atoms with Gasteiger partial charge >= 0.3 is 0 Å². The van der Waals surface area contributed by atoms with E-state index in [4.69, 9.17) is 19.7 Å². The van der Waals surface area contributed by atoms with E-state index in [0.717, 1.165) is 59.1 Å². The molecule has 174 valence electrons. The number of hydrogen-bond acceptors (Lipinski definition) is 7. The minimum Gasteiger partial charge on any atom is -0.494 e. The Morgan fingerprint density at radius 1 is 1.09 bits per heavy atom. The Balaban J connectivity index is 1.56. The molecule has 33 heavy (non-hydrogen) atoms. The third-order valence-electron chi connectivity index (χ3n) is 6.02. The van der Waals surface area contributed by atoms with Crippen LogP contribution in [-0.4, -0.2) is 65.5 Å². The number of amides is 1. The van der Waals surface area contributed by atoms with Crippen molar-refractivity contribution in [3.8, 4) is 5.75 Å². The highest BCUT2D eigenvalue weighted by Crippen LogP contribution is 2.31. The van der Waals surface area contributed by atoms with Crippen LogP contribution in [0.15, 0.2) is 36.4 Å². The fourth-order valence-electron chi connectivity index (χ4n) is 4.40. The van der Waals surface area contributed by atoms with Crippen LogP contribution < -0.4 is 9.64 Å². The first-order valence-corrected chi connectivity index (χ1v) is 11.3. The van der Waals surface area contributed by atoms with Crippen molar-refractivity contribution in [2.24, 2.45) is 0 Å². The van der Waals surface area contributed by atoms with Crippen LogP contribution in [0.4, 0.5) is 5.82 Å². The fourth-order valence-corrected chi connectivity index (χ4v) is 4.40. The molecule has 0 unspecified atom stereocenters. The van der Waals surface area contributed by atoms with Gasteiger partial charge in [-0.3, -0.25) is 9.69 Å². The number of carbonyl (C=O) groups is 1. The number of ether oxygens (including phenoxy) is 1. The van der Waals surface area contributed by atoms with Gasteiger partial charge in [-0.15, -0.1) is 0 Å². The molecule has 2 aromatic heterocycles. The molecule has 1 fully saturated rings. The third kappa shape index (κ3) is 5.06. The van der Waals surface area contributed by atoms with E-state index in [9.17, 15) is 4.79 Å². The molecule has 3 aromatic rings. The van der Waals surface area contributed by atoms with Gasteiger partial charge in [0.25, 0.3) is 0 Å². The maximum absolute atomic E-state index is 12.1. The summed E-state index contributed by atoms with van der Waals surface area (Å²) >= 11 is 0. The summed E-state index contributed by atoms with van der Waals surface area (Å²) in [5.74, 6) is 2.44. The van der Waals surface area contributed by atoms with Gasteiger partial charge in [0.15, 0.2) is 5.82 Å². The third-order valence-corrected chi connectivity index (χ3v) is 6.02. The molecule has 0 aliphatic carbocycles. The smallest absolute Gasteiger partial charge is 0.220 e. The van der Waals surface area contributed by atoms with Gasteiger partial charge in [0.1, 0.15) is 17.1 Å². The normalized spacial score (nSPS) is 15.9. The standard InChI is InChI=1S/C25H32N6O2/c1-17(32)31-13-7-9-21(31)25-27-20(14-23(28-25)29(2)3)16-30(4)15-19-12-11-18-8-6-10-22(33-5)24(18)26-19/h6,8,10-12,14,21H,7,9,13,15-16H2,1-5H3/t21-/m1/s1. The molecular weight excluding hydrogens is 416 g/mol. The van der Waals surface area contributed by atoms with Crippen molar-refractivity contribution in [1.82, 2.24) is 24.8 Å². The number of fused-ring (bicyclic) bond motifs is 1. The summed E-state index contributed by atoms with van der Waals surface area (Å²) in [6.07, 6.45) is 1.88.